The largest absolute Gasteiger partial charge is 0.353 e. The summed E-state index contributed by atoms with van der Waals surface area (Å²) in [6.45, 7) is 3.36. The van der Waals surface area contributed by atoms with Gasteiger partial charge < -0.3 is 10.2 Å². The number of nitrogens with one attached hydrogen (secondary N) is 1. The molecule has 114 valence electrons. The molecule has 21 heavy (non-hydrogen) atoms. The second-order valence-electron chi connectivity index (χ2n) is 5.75. The Hall–Kier alpha value is -1.50. The average molecular weight is 308 g/mol. The topological polar surface area (TPSA) is 75.2 Å². The third-order valence-electron chi connectivity index (χ3n) is 4.16. The maximum absolute atomic E-state index is 12.5. The van der Waals surface area contributed by atoms with Crippen molar-refractivity contribution in [3.63, 3.8) is 0 Å². The molecule has 0 radical (unpaired) electrons. The van der Waals surface area contributed by atoms with E-state index in [4.69, 9.17) is 0 Å². The Labute approximate surface area is 128 Å². The summed E-state index contributed by atoms with van der Waals surface area (Å²) in [7, 11) is 0. The summed E-state index contributed by atoms with van der Waals surface area (Å²) in [6, 6.07) is 0.215. The van der Waals surface area contributed by atoms with Gasteiger partial charge in [-0.05, 0) is 43.6 Å². The van der Waals surface area contributed by atoms with E-state index >= 15 is 0 Å². The van der Waals surface area contributed by atoms with Crippen molar-refractivity contribution in [3.8, 4) is 0 Å². The van der Waals surface area contributed by atoms with E-state index in [2.05, 4.69) is 14.9 Å². The third-order valence-corrected chi connectivity index (χ3v) is 4.92. The van der Waals surface area contributed by atoms with Gasteiger partial charge in [0.2, 0.25) is 5.91 Å². The molecule has 1 saturated carbocycles. The van der Waals surface area contributed by atoms with Crippen molar-refractivity contribution >= 4 is 23.3 Å². The Morgan fingerprint density at radius 2 is 2.00 bits per heavy atom. The maximum Gasteiger partial charge on any atom is 0.267 e. The number of likely N-dealkylation sites (tertiary alicyclic amines) is 1. The van der Waals surface area contributed by atoms with Gasteiger partial charge >= 0.3 is 0 Å². The molecular formula is C14H20N4O2S. The van der Waals surface area contributed by atoms with Crippen molar-refractivity contribution < 1.29 is 9.59 Å². The number of carbonyl (C=O) groups is 2. The number of nitrogens with zero attached hydrogens (tertiary/aromatic N) is 3. The van der Waals surface area contributed by atoms with Crippen molar-refractivity contribution in [1.82, 2.24) is 19.8 Å². The molecule has 2 heterocycles. The average Bonchev–Trinajstić information content (AvgIpc) is 3.25. The number of aryl methyl sites for hydroxylation is 1. The van der Waals surface area contributed by atoms with Crippen LogP contribution in [0.1, 0.15) is 48.0 Å². The lowest BCUT2D eigenvalue weighted by Gasteiger charge is -2.32. The highest BCUT2D eigenvalue weighted by Crippen LogP contribution is 2.29. The van der Waals surface area contributed by atoms with Crippen molar-refractivity contribution in [1.29, 1.82) is 0 Å². The molecule has 0 bridgehead atoms. The summed E-state index contributed by atoms with van der Waals surface area (Å²) in [5.74, 6) is 0.480. The van der Waals surface area contributed by atoms with Crippen LogP contribution in [0.4, 0.5) is 0 Å². The van der Waals surface area contributed by atoms with Gasteiger partial charge in [0.05, 0.1) is 5.69 Å². The number of hydrogen-bond donors (Lipinski definition) is 1. The number of hydrogen-bond acceptors (Lipinski definition) is 5. The lowest BCUT2D eigenvalue weighted by atomic mass is 10.0. The lowest BCUT2D eigenvalue weighted by molar-refractivity contribution is -0.123. The Balaban J connectivity index is 1.53. The summed E-state index contributed by atoms with van der Waals surface area (Å²) in [5.41, 5.74) is 0.786. The van der Waals surface area contributed by atoms with Crippen molar-refractivity contribution in [3.05, 3.63) is 10.6 Å². The molecule has 0 spiro atoms. The highest BCUT2D eigenvalue weighted by Gasteiger charge is 2.32. The monoisotopic (exact) mass is 308 g/mol. The molecule has 2 aliphatic rings. The number of aromatic nitrogens is 2. The van der Waals surface area contributed by atoms with E-state index in [9.17, 15) is 9.59 Å². The van der Waals surface area contributed by atoms with Gasteiger partial charge in [0.25, 0.3) is 5.91 Å². The summed E-state index contributed by atoms with van der Waals surface area (Å²) in [6.07, 6.45) is 4.45. The molecule has 3 rings (SSSR count). The first-order valence-electron chi connectivity index (χ1n) is 7.60. The maximum atomic E-state index is 12.5. The Kier molecular flexibility index (Phi) is 4.19. The Bertz CT molecular complexity index is 533. The zero-order valence-corrected chi connectivity index (χ0v) is 13.0. The zero-order valence-electron chi connectivity index (χ0n) is 12.2. The number of rotatable bonds is 4. The van der Waals surface area contributed by atoms with E-state index in [0.29, 0.717) is 18.0 Å². The molecule has 0 aromatic carbocycles. The first-order chi connectivity index (χ1) is 10.2. The van der Waals surface area contributed by atoms with Crippen LogP contribution in [0, 0.1) is 5.92 Å². The highest BCUT2D eigenvalue weighted by atomic mass is 32.1. The van der Waals surface area contributed by atoms with E-state index in [1.54, 1.807) is 0 Å². The van der Waals surface area contributed by atoms with E-state index in [1.807, 2.05) is 11.8 Å². The van der Waals surface area contributed by atoms with Crippen LogP contribution in [0.3, 0.4) is 0 Å². The van der Waals surface area contributed by atoms with Crippen LogP contribution < -0.4 is 5.32 Å². The Morgan fingerprint density at radius 1 is 1.29 bits per heavy atom. The fraction of sp³-hybridized carbons (Fsp3) is 0.714. The molecule has 1 aliphatic carbocycles. The van der Waals surface area contributed by atoms with Gasteiger partial charge in [-0.1, -0.05) is 11.4 Å². The van der Waals surface area contributed by atoms with Crippen LogP contribution in [0.25, 0.3) is 0 Å². The fourth-order valence-corrected chi connectivity index (χ4v) is 3.36. The van der Waals surface area contributed by atoms with E-state index in [-0.39, 0.29) is 23.8 Å². The van der Waals surface area contributed by atoms with Crippen molar-refractivity contribution in [2.45, 2.75) is 45.1 Å². The summed E-state index contributed by atoms with van der Waals surface area (Å²) in [5, 5.41) is 7.09. The molecule has 0 unspecified atom stereocenters. The quantitative estimate of drug-likeness (QED) is 0.908. The van der Waals surface area contributed by atoms with Crippen LogP contribution in [0.5, 0.6) is 0 Å². The minimum Gasteiger partial charge on any atom is -0.353 e. The van der Waals surface area contributed by atoms with Gasteiger partial charge in [-0.2, -0.15) is 0 Å². The molecule has 2 amide bonds. The van der Waals surface area contributed by atoms with Crippen LogP contribution in [-0.4, -0.2) is 45.4 Å². The highest BCUT2D eigenvalue weighted by molar-refractivity contribution is 7.08. The van der Waals surface area contributed by atoms with Gasteiger partial charge in [-0.25, -0.2) is 0 Å². The number of carbonyl (C=O) groups excluding carboxylic acids is 2. The second-order valence-corrected chi connectivity index (χ2v) is 6.51. The normalized spacial score (nSPS) is 19.6. The number of piperidine rings is 1. The van der Waals surface area contributed by atoms with Crippen LogP contribution in [0.15, 0.2) is 0 Å². The van der Waals surface area contributed by atoms with Crippen LogP contribution in [-0.2, 0) is 11.2 Å². The van der Waals surface area contributed by atoms with Crippen LogP contribution >= 0.6 is 11.5 Å². The Morgan fingerprint density at radius 3 is 2.62 bits per heavy atom. The molecule has 2 fully saturated rings. The fourth-order valence-electron chi connectivity index (χ4n) is 2.64. The van der Waals surface area contributed by atoms with Crippen molar-refractivity contribution in [2.75, 3.05) is 13.1 Å². The SMILES string of the molecule is CCc1nnsc1C(=O)N1CCC(NC(=O)C2CC2)CC1. The van der Waals surface area contributed by atoms with Crippen LogP contribution in [0.2, 0.25) is 0 Å². The van der Waals surface area contributed by atoms with Crippen molar-refractivity contribution in [2.24, 2.45) is 5.92 Å². The summed E-state index contributed by atoms with van der Waals surface area (Å²) < 4.78 is 3.88. The molecule has 1 aromatic heterocycles. The van der Waals surface area contributed by atoms with E-state index < -0.39 is 0 Å². The van der Waals surface area contributed by atoms with Gasteiger partial charge in [0, 0.05) is 25.0 Å². The molecule has 1 saturated heterocycles. The third kappa shape index (κ3) is 3.23. The standard InChI is InChI=1S/C14H20N4O2S/c1-2-11-12(21-17-16-11)14(20)18-7-5-10(6-8-18)15-13(19)9-3-4-9/h9-10H,2-8H2,1H3,(H,15,19). The van der Waals surface area contributed by atoms with Gasteiger partial charge in [-0.15, -0.1) is 5.10 Å². The van der Waals surface area contributed by atoms with E-state index in [1.165, 1.54) is 11.5 Å². The first kappa shape index (κ1) is 14.4. The molecule has 1 aromatic rings. The predicted molar refractivity (Wildman–Crippen MR) is 79.1 cm³/mol. The molecule has 1 aliphatic heterocycles. The second kappa shape index (κ2) is 6.09. The van der Waals surface area contributed by atoms with E-state index in [0.717, 1.165) is 37.8 Å². The molecular weight excluding hydrogens is 288 g/mol. The summed E-state index contributed by atoms with van der Waals surface area (Å²) >= 11 is 1.18. The molecule has 1 N–H and O–H groups in total. The molecule has 6 nitrogen and oxygen atoms in total. The minimum atomic E-state index is 0.0359. The minimum absolute atomic E-state index is 0.0359. The first-order valence-corrected chi connectivity index (χ1v) is 8.37. The predicted octanol–water partition coefficient (Wildman–Crippen LogP) is 1.23. The molecule has 7 heteroatoms. The smallest absolute Gasteiger partial charge is 0.267 e. The lowest BCUT2D eigenvalue weighted by Crippen LogP contribution is -2.46. The summed E-state index contributed by atoms with van der Waals surface area (Å²) in [4.78, 5) is 26.7. The van der Waals surface area contributed by atoms with Gasteiger partial charge in [-0.3, -0.25) is 9.59 Å². The van der Waals surface area contributed by atoms with Gasteiger partial charge in [0.15, 0.2) is 0 Å². The molecule has 0 atom stereocenters. The zero-order chi connectivity index (χ0) is 14.8. The number of amides is 2. The van der Waals surface area contributed by atoms with Gasteiger partial charge in [0.1, 0.15) is 4.88 Å².